The highest BCUT2D eigenvalue weighted by molar-refractivity contribution is 6.42. The molecule has 0 saturated heterocycles. The lowest BCUT2D eigenvalue weighted by Gasteiger charge is -2.38. The number of allylic oxidation sites excluding steroid dienone is 3. The first-order valence-corrected chi connectivity index (χ1v) is 11.1. The quantitative estimate of drug-likeness (QED) is 0.621. The predicted molar refractivity (Wildman–Crippen MR) is 114 cm³/mol. The van der Waals surface area contributed by atoms with Gasteiger partial charge in [-0.1, -0.05) is 41.8 Å². The molecule has 1 aliphatic heterocycles. The average Bonchev–Trinajstić information content (AvgIpc) is 2.70. The molecule has 2 aliphatic carbocycles. The van der Waals surface area contributed by atoms with Crippen LogP contribution in [0.4, 0.5) is 0 Å². The molecule has 1 heterocycles. The van der Waals surface area contributed by atoms with Crippen molar-refractivity contribution in [1.29, 1.82) is 0 Å². The van der Waals surface area contributed by atoms with E-state index in [-0.39, 0.29) is 17.9 Å². The Labute approximate surface area is 181 Å². The molecule has 1 N–H and O–H groups in total. The number of hydrogen-bond acceptors (Lipinski definition) is 4. The molecule has 1 aromatic rings. The number of hydrogen-bond donors (Lipinski definition) is 1. The second-order valence-electron chi connectivity index (χ2n) is 8.12. The molecule has 0 amide bonds. The van der Waals surface area contributed by atoms with E-state index < -0.39 is 11.8 Å². The Hall–Kier alpha value is -1.78. The molecule has 2 atom stereocenters. The van der Waals surface area contributed by atoms with Gasteiger partial charge in [-0.05, 0) is 56.7 Å². The van der Waals surface area contributed by atoms with Crippen LogP contribution in [0.2, 0.25) is 10.0 Å². The molecular formula is C23H25Cl2NO3. The van der Waals surface area contributed by atoms with Crippen LogP contribution < -0.4 is 5.32 Å². The normalized spacial score (nSPS) is 25.2. The van der Waals surface area contributed by atoms with E-state index in [9.17, 15) is 9.59 Å². The monoisotopic (exact) mass is 433 g/mol. The zero-order valence-electron chi connectivity index (χ0n) is 16.5. The lowest BCUT2D eigenvalue weighted by Crippen LogP contribution is -2.41. The van der Waals surface area contributed by atoms with E-state index in [0.29, 0.717) is 28.5 Å². The van der Waals surface area contributed by atoms with Crippen LogP contribution in [-0.2, 0) is 14.3 Å². The molecule has 154 valence electrons. The van der Waals surface area contributed by atoms with Crippen LogP contribution >= 0.6 is 23.2 Å². The lowest BCUT2D eigenvalue weighted by molar-refractivity contribution is -0.146. The summed E-state index contributed by atoms with van der Waals surface area (Å²) in [5.74, 6) is -1.07. The third kappa shape index (κ3) is 4.10. The first-order valence-electron chi connectivity index (χ1n) is 10.3. The van der Waals surface area contributed by atoms with Gasteiger partial charge in [0.05, 0.1) is 21.5 Å². The smallest absolute Gasteiger partial charge is 0.336 e. The van der Waals surface area contributed by atoms with Gasteiger partial charge in [0, 0.05) is 23.7 Å². The summed E-state index contributed by atoms with van der Waals surface area (Å²) in [6.45, 7) is 1.87. The first-order chi connectivity index (χ1) is 14.0. The van der Waals surface area contributed by atoms with Crippen molar-refractivity contribution in [3.8, 4) is 0 Å². The number of Topliss-reactive ketones (excluding diaryl/α,β-unsaturated/α-hetero) is 1. The molecular weight excluding hydrogens is 409 g/mol. The Morgan fingerprint density at radius 3 is 2.59 bits per heavy atom. The lowest BCUT2D eigenvalue weighted by atomic mass is 9.71. The predicted octanol–water partition coefficient (Wildman–Crippen LogP) is 5.69. The van der Waals surface area contributed by atoms with Gasteiger partial charge in [0.1, 0.15) is 11.9 Å². The fraction of sp³-hybridized carbons (Fsp3) is 0.478. The molecule has 29 heavy (non-hydrogen) atoms. The van der Waals surface area contributed by atoms with Gasteiger partial charge >= 0.3 is 5.97 Å². The minimum absolute atomic E-state index is 0.0509. The number of halogens is 2. The summed E-state index contributed by atoms with van der Waals surface area (Å²) in [6.07, 6.45) is 8.34. The number of ether oxygens (including phenoxy) is 1. The van der Waals surface area contributed by atoms with Crippen molar-refractivity contribution in [2.75, 3.05) is 0 Å². The number of esters is 1. The summed E-state index contributed by atoms with van der Waals surface area (Å²) in [4.78, 5) is 26.2. The number of rotatable bonds is 3. The van der Waals surface area contributed by atoms with E-state index in [1.165, 1.54) is 6.42 Å². The molecule has 3 aliphatic rings. The van der Waals surface area contributed by atoms with Crippen molar-refractivity contribution in [2.45, 2.75) is 63.9 Å². The second-order valence-corrected chi connectivity index (χ2v) is 8.94. The molecule has 1 aromatic carbocycles. The van der Waals surface area contributed by atoms with Crippen molar-refractivity contribution in [3.63, 3.8) is 0 Å². The van der Waals surface area contributed by atoms with Gasteiger partial charge in [-0.2, -0.15) is 0 Å². The summed E-state index contributed by atoms with van der Waals surface area (Å²) >= 11 is 12.4. The number of benzene rings is 1. The molecule has 1 saturated carbocycles. The van der Waals surface area contributed by atoms with Gasteiger partial charge in [-0.15, -0.1) is 0 Å². The van der Waals surface area contributed by atoms with Gasteiger partial charge in [-0.3, -0.25) is 4.79 Å². The molecule has 0 bridgehead atoms. The molecule has 6 heteroatoms. The largest absolute Gasteiger partial charge is 0.459 e. The van der Waals surface area contributed by atoms with E-state index in [1.54, 1.807) is 12.1 Å². The molecule has 0 aromatic heterocycles. The number of carbonyl (C=O) groups is 2. The van der Waals surface area contributed by atoms with Gasteiger partial charge in [-0.25, -0.2) is 4.79 Å². The first kappa shape index (κ1) is 20.5. The second kappa shape index (κ2) is 8.53. The summed E-state index contributed by atoms with van der Waals surface area (Å²) in [7, 11) is 0. The van der Waals surface area contributed by atoms with Crippen molar-refractivity contribution in [3.05, 3.63) is 56.9 Å². The topological polar surface area (TPSA) is 55.4 Å². The SMILES string of the molecule is CC1=C(C(=O)OC2CCCCC2)C(c2ccc(Cl)c(Cl)c2)C2C(=O)CCC=C2N1. The maximum atomic E-state index is 13.3. The van der Waals surface area contributed by atoms with Crippen LogP contribution in [0, 0.1) is 5.92 Å². The summed E-state index contributed by atoms with van der Waals surface area (Å²) in [6, 6.07) is 5.34. The highest BCUT2D eigenvalue weighted by Gasteiger charge is 2.43. The Morgan fingerprint density at radius 2 is 1.86 bits per heavy atom. The van der Waals surface area contributed by atoms with Crippen molar-refractivity contribution in [1.82, 2.24) is 5.32 Å². The minimum atomic E-state index is -0.432. The van der Waals surface area contributed by atoms with Crippen molar-refractivity contribution in [2.24, 2.45) is 5.92 Å². The van der Waals surface area contributed by atoms with Crippen molar-refractivity contribution >= 4 is 35.0 Å². The zero-order chi connectivity index (χ0) is 20.5. The van der Waals surface area contributed by atoms with E-state index >= 15 is 0 Å². The molecule has 0 spiro atoms. The van der Waals surface area contributed by atoms with Crippen LogP contribution in [0.25, 0.3) is 0 Å². The van der Waals surface area contributed by atoms with Crippen LogP contribution in [-0.4, -0.2) is 17.9 Å². The van der Waals surface area contributed by atoms with Gasteiger partial charge in [0.25, 0.3) is 0 Å². The van der Waals surface area contributed by atoms with Gasteiger partial charge < -0.3 is 10.1 Å². The number of ketones is 1. The van der Waals surface area contributed by atoms with Crippen LogP contribution in [0.15, 0.2) is 41.2 Å². The Morgan fingerprint density at radius 1 is 1.10 bits per heavy atom. The van der Waals surface area contributed by atoms with Crippen LogP contribution in [0.1, 0.15) is 63.4 Å². The molecule has 1 fully saturated rings. The van der Waals surface area contributed by atoms with E-state index in [0.717, 1.165) is 42.6 Å². The summed E-state index contributed by atoms with van der Waals surface area (Å²) in [5.41, 5.74) is 2.93. The fourth-order valence-corrected chi connectivity index (χ4v) is 5.05. The third-order valence-corrected chi connectivity index (χ3v) is 6.90. The molecule has 4 rings (SSSR count). The van der Waals surface area contributed by atoms with Gasteiger partial charge in [0.15, 0.2) is 0 Å². The summed E-state index contributed by atoms with van der Waals surface area (Å²) in [5, 5.41) is 4.16. The number of nitrogens with one attached hydrogen (secondary N) is 1. The number of carbonyl (C=O) groups excluding carboxylic acids is 2. The Bertz CT molecular complexity index is 899. The maximum Gasteiger partial charge on any atom is 0.336 e. The molecule has 2 unspecified atom stereocenters. The maximum absolute atomic E-state index is 13.3. The summed E-state index contributed by atoms with van der Waals surface area (Å²) < 4.78 is 5.90. The molecule has 0 radical (unpaired) electrons. The van der Waals surface area contributed by atoms with Crippen LogP contribution in [0.3, 0.4) is 0 Å². The highest BCUT2D eigenvalue weighted by Crippen LogP contribution is 2.45. The van der Waals surface area contributed by atoms with Gasteiger partial charge in [0.2, 0.25) is 0 Å². The average molecular weight is 434 g/mol. The van der Waals surface area contributed by atoms with Crippen LogP contribution in [0.5, 0.6) is 0 Å². The zero-order valence-corrected chi connectivity index (χ0v) is 18.0. The minimum Gasteiger partial charge on any atom is -0.459 e. The Balaban J connectivity index is 1.75. The van der Waals surface area contributed by atoms with E-state index in [4.69, 9.17) is 27.9 Å². The standard InChI is InChI=1S/C23H25Cl2NO3/c1-13-20(23(28)29-15-6-3-2-4-7-15)21(14-10-11-16(24)17(25)12-14)22-18(26-13)8-5-9-19(22)27/h8,10-12,15,21-22,26H,2-7,9H2,1H3. The van der Waals surface area contributed by atoms with E-state index in [2.05, 4.69) is 11.4 Å². The third-order valence-electron chi connectivity index (χ3n) is 6.17. The fourth-order valence-electron chi connectivity index (χ4n) is 4.75. The highest BCUT2D eigenvalue weighted by atomic mass is 35.5. The number of fused-ring (bicyclic) bond motifs is 1. The van der Waals surface area contributed by atoms with E-state index in [1.807, 2.05) is 13.0 Å². The van der Waals surface area contributed by atoms with Crippen molar-refractivity contribution < 1.29 is 14.3 Å². The Kier molecular flexibility index (Phi) is 6.03. The molecule has 4 nitrogen and oxygen atoms in total.